The molecule has 0 N–H and O–H groups in total. The van der Waals surface area contributed by atoms with Crippen molar-refractivity contribution in [3.63, 3.8) is 0 Å². The highest BCUT2D eigenvalue weighted by Gasteiger charge is 2.48. The Bertz CT molecular complexity index is 1260. The predicted molar refractivity (Wildman–Crippen MR) is 119 cm³/mol. The van der Waals surface area contributed by atoms with Gasteiger partial charge in [-0.05, 0) is 18.2 Å². The van der Waals surface area contributed by atoms with Gasteiger partial charge in [-0.1, -0.05) is 42.5 Å². The number of amides is 1. The van der Waals surface area contributed by atoms with Crippen LogP contribution in [0.2, 0.25) is 0 Å². The van der Waals surface area contributed by atoms with E-state index in [1.165, 1.54) is 4.80 Å². The maximum atomic E-state index is 13.4. The molecule has 0 radical (unpaired) electrons. The Morgan fingerprint density at radius 2 is 1.62 bits per heavy atom. The number of aromatic nitrogens is 5. The molecule has 0 spiro atoms. The Hall–Kier alpha value is -4.07. The quantitative estimate of drug-likeness (QED) is 0.502. The zero-order valence-corrected chi connectivity index (χ0v) is 17.3. The molecule has 0 bridgehead atoms. The van der Waals surface area contributed by atoms with E-state index in [0.717, 1.165) is 30.3 Å². The molecule has 4 aromatic rings. The van der Waals surface area contributed by atoms with Gasteiger partial charge >= 0.3 is 0 Å². The summed E-state index contributed by atoms with van der Waals surface area (Å²) in [7, 11) is 0. The van der Waals surface area contributed by atoms with Crippen molar-refractivity contribution in [3.05, 3.63) is 84.8 Å². The fourth-order valence-electron chi connectivity index (χ4n) is 4.63. The smallest absolute Gasteiger partial charge is 0.256 e. The molecule has 0 saturated carbocycles. The molecule has 2 unspecified atom stereocenters. The largest absolute Gasteiger partial charge is 0.336 e. The van der Waals surface area contributed by atoms with Crippen molar-refractivity contribution in [2.45, 2.75) is 6.04 Å². The van der Waals surface area contributed by atoms with Gasteiger partial charge < -0.3 is 9.80 Å². The summed E-state index contributed by atoms with van der Waals surface area (Å²) >= 11 is 0. The Labute approximate surface area is 185 Å². The highest BCUT2D eigenvalue weighted by Crippen LogP contribution is 2.36. The van der Waals surface area contributed by atoms with E-state index >= 15 is 0 Å². The lowest BCUT2D eigenvalue weighted by molar-refractivity contribution is 0.0789. The van der Waals surface area contributed by atoms with Crippen LogP contribution in [0.3, 0.4) is 0 Å². The lowest BCUT2D eigenvalue weighted by atomic mass is 9.92. The van der Waals surface area contributed by atoms with E-state index in [4.69, 9.17) is 4.98 Å². The summed E-state index contributed by atoms with van der Waals surface area (Å²) in [5, 5.41) is 8.39. The van der Waals surface area contributed by atoms with Gasteiger partial charge in [0.15, 0.2) is 0 Å². The molecule has 4 heterocycles. The van der Waals surface area contributed by atoms with Crippen molar-refractivity contribution in [2.75, 3.05) is 24.5 Å². The molecule has 2 saturated heterocycles. The zero-order valence-electron chi connectivity index (χ0n) is 17.3. The molecular weight excluding hydrogens is 402 g/mol. The number of benzene rings is 2. The van der Waals surface area contributed by atoms with E-state index in [2.05, 4.69) is 20.1 Å². The number of fused-ring (bicyclic) bond motifs is 1. The molecule has 2 atom stereocenters. The average molecular weight is 423 g/mol. The SMILES string of the molecule is O=C(c1ccccc1-n1nccn1)N1CC2CN(c3nccc(-c4ccccc4)n3)C2C1. The molecule has 158 valence electrons. The van der Waals surface area contributed by atoms with Gasteiger partial charge in [-0.25, -0.2) is 9.97 Å². The number of hydrogen-bond donors (Lipinski definition) is 0. The first-order valence-corrected chi connectivity index (χ1v) is 10.7. The first-order valence-electron chi connectivity index (χ1n) is 10.7. The van der Waals surface area contributed by atoms with Gasteiger partial charge in [0.1, 0.15) is 0 Å². The highest BCUT2D eigenvalue weighted by molar-refractivity contribution is 5.98. The van der Waals surface area contributed by atoms with Crippen LogP contribution in [0.25, 0.3) is 16.9 Å². The number of rotatable bonds is 4. The van der Waals surface area contributed by atoms with Crippen LogP contribution in [0.15, 0.2) is 79.3 Å². The third-order valence-electron chi connectivity index (χ3n) is 6.26. The van der Waals surface area contributed by atoms with Crippen molar-refractivity contribution >= 4 is 11.9 Å². The molecule has 8 nitrogen and oxygen atoms in total. The first-order chi connectivity index (χ1) is 15.8. The standard InChI is InChI=1S/C24H21N7O/c32-23(19-8-4-5-9-21(19)31-26-12-13-27-31)29-14-18-15-30(22(18)16-29)24-25-11-10-20(28-24)17-6-2-1-3-7-17/h1-13,18,22H,14-16H2. The van der Waals surface area contributed by atoms with E-state index in [-0.39, 0.29) is 11.9 Å². The second-order valence-corrected chi connectivity index (χ2v) is 8.13. The van der Waals surface area contributed by atoms with E-state index in [0.29, 0.717) is 23.7 Å². The van der Waals surface area contributed by atoms with E-state index in [9.17, 15) is 4.79 Å². The topological polar surface area (TPSA) is 80.0 Å². The van der Waals surface area contributed by atoms with Crippen LogP contribution in [0.4, 0.5) is 5.95 Å². The minimum Gasteiger partial charge on any atom is -0.336 e. The van der Waals surface area contributed by atoms with Gasteiger partial charge in [0.25, 0.3) is 5.91 Å². The van der Waals surface area contributed by atoms with Crippen molar-refractivity contribution in [2.24, 2.45) is 5.92 Å². The molecule has 8 heteroatoms. The van der Waals surface area contributed by atoms with Gasteiger partial charge in [-0.2, -0.15) is 15.0 Å². The van der Waals surface area contributed by atoms with Gasteiger partial charge in [0, 0.05) is 37.3 Å². The zero-order chi connectivity index (χ0) is 21.5. The number of anilines is 1. The summed E-state index contributed by atoms with van der Waals surface area (Å²) in [5.74, 6) is 1.16. The van der Waals surface area contributed by atoms with Crippen LogP contribution in [0.1, 0.15) is 10.4 Å². The Kier molecular flexibility index (Phi) is 4.41. The van der Waals surface area contributed by atoms with Crippen molar-refractivity contribution in [3.8, 4) is 16.9 Å². The summed E-state index contributed by atoms with van der Waals surface area (Å²) in [5.41, 5.74) is 3.28. The minimum absolute atomic E-state index is 0.00575. The molecule has 2 aromatic heterocycles. The Morgan fingerprint density at radius 3 is 2.47 bits per heavy atom. The summed E-state index contributed by atoms with van der Waals surface area (Å²) in [4.78, 5) is 28.3. The number of carbonyl (C=O) groups excluding carboxylic acids is 1. The molecule has 32 heavy (non-hydrogen) atoms. The minimum atomic E-state index is 0.00575. The molecule has 6 rings (SSSR count). The second-order valence-electron chi connectivity index (χ2n) is 8.13. The maximum absolute atomic E-state index is 13.4. The summed E-state index contributed by atoms with van der Waals surface area (Å²) in [6, 6.07) is 19.7. The van der Waals surface area contributed by atoms with Gasteiger partial charge in [0.05, 0.1) is 35.4 Å². The number of para-hydroxylation sites is 1. The van der Waals surface area contributed by atoms with Crippen LogP contribution >= 0.6 is 0 Å². The van der Waals surface area contributed by atoms with Gasteiger partial charge in [-0.3, -0.25) is 4.79 Å². The van der Waals surface area contributed by atoms with Crippen molar-refractivity contribution < 1.29 is 4.79 Å². The second kappa shape index (κ2) is 7.56. The molecule has 2 aromatic carbocycles. The lowest BCUT2D eigenvalue weighted by Crippen LogP contribution is -2.56. The van der Waals surface area contributed by atoms with Crippen LogP contribution < -0.4 is 4.90 Å². The molecule has 2 fully saturated rings. The Morgan fingerprint density at radius 1 is 0.844 bits per heavy atom. The van der Waals surface area contributed by atoms with Crippen LogP contribution in [0.5, 0.6) is 0 Å². The van der Waals surface area contributed by atoms with Crippen LogP contribution in [-0.4, -0.2) is 61.4 Å². The van der Waals surface area contributed by atoms with Crippen molar-refractivity contribution in [1.29, 1.82) is 0 Å². The maximum Gasteiger partial charge on any atom is 0.256 e. The average Bonchev–Trinajstić information content (AvgIpc) is 3.49. The molecular formula is C24H21N7O. The summed E-state index contributed by atoms with van der Waals surface area (Å²) in [6.45, 7) is 2.25. The fourth-order valence-corrected chi connectivity index (χ4v) is 4.63. The lowest BCUT2D eigenvalue weighted by Gasteiger charge is -2.43. The van der Waals surface area contributed by atoms with Crippen LogP contribution in [-0.2, 0) is 0 Å². The van der Waals surface area contributed by atoms with E-state index in [1.807, 2.05) is 71.8 Å². The monoisotopic (exact) mass is 423 g/mol. The molecule has 0 aliphatic carbocycles. The number of hydrogen-bond acceptors (Lipinski definition) is 6. The number of nitrogens with zero attached hydrogens (tertiary/aromatic N) is 7. The summed E-state index contributed by atoms with van der Waals surface area (Å²) in [6.07, 6.45) is 5.03. The first kappa shape index (κ1) is 18.7. The normalized spacial score (nSPS) is 19.5. The van der Waals surface area contributed by atoms with Crippen LogP contribution in [0, 0.1) is 5.92 Å². The van der Waals surface area contributed by atoms with Gasteiger partial charge in [0.2, 0.25) is 5.95 Å². The fraction of sp³-hybridized carbons (Fsp3) is 0.208. The third-order valence-corrected chi connectivity index (χ3v) is 6.26. The van der Waals surface area contributed by atoms with E-state index < -0.39 is 0 Å². The van der Waals surface area contributed by atoms with Crippen molar-refractivity contribution in [1.82, 2.24) is 29.9 Å². The van der Waals surface area contributed by atoms with E-state index in [1.54, 1.807) is 12.4 Å². The highest BCUT2D eigenvalue weighted by atomic mass is 16.2. The predicted octanol–water partition coefficient (Wildman–Crippen LogP) is 2.69. The molecule has 2 aliphatic rings. The molecule has 2 aliphatic heterocycles. The number of likely N-dealkylation sites (tertiary alicyclic amines) is 1. The third kappa shape index (κ3) is 3.11. The van der Waals surface area contributed by atoms with Gasteiger partial charge in [-0.15, -0.1) is 0 Å². The molecule has 1 amide bonds. The number of carbonyl (C=O) groups is 1. The Balaban J connectivity index is 1.21. The summed E-state index contributed by atoms with van der Waals surface area (Å²) < 4.78 is 0.